The summed E-state index contributed by atoms with van der Waals surface area (Å²) in [4.78, 5) is 10.4. The smallest absolute Gasteiger partial charge is 0.307 e. The third-order valence-electron chi connectivity index (χ3n) is 2.62. The van der Waals surface area contributed by atoms with Gasteiger partial charge in [-0.25, -0.2) is 0 Å². The highest BCUT2D eigenvalue weighted by Crippen LogP contribution is 2.28. The number of aliphatic carboxylic acids is 1. The number of rotatable bonds is 10. The predicted octanol–water partition coefficient (Wildman–Crippen LogP) is 2.81. The average Bonchev–Trinajstić information content (AvgIpc) is 2.48. The molecule has 0 amide bonds. The first kappa shape index (κ1) is 16.6. The second-order valence-corrected chi connectivity index (χ2v) is 4.14. The fourth-order valence-electron chi connectivity index (χ4n) is 1.64. The zero-order valence-electron chi connectivity index (χ0n) is 12.1. The molecule has 1 aromatic rings. The molecule has 1 aromatic carbocycles. The highest BCUT2D eigenvalue weighted by atomic mass is 16.5. The number of methoxy groups -OCH3 is 1. The average molecular weight is 292 g/mol. The van der Waals surface area contributed by atoms with Gasteiger partial charge in [-0.2, -0.15) is 0 Å². The van der Waals surface area contributed by atoms with E-state index in [2.05, 4.69) is 6.58 Å². The zero-order valence-corrected chi connectivity index (χ0v) is 12.1. The van der Waals surface area contributed by atoms with E-state index in [-0.39, 0.29) is 6.42 Å². The summed E-state index contributed by atoms with van der Waals surface area (Å²) in [6, 6.07) is 5.61. The molecule has 0 aromatic heterocycles. The lowest BCUT2D eigenvalue weighted by Crippen LogP contribution is -2.05. The highest BCUT2D eigenvalue weighted by molar-refractivity contribution is 5.68. The van der Waals surface area contributed by atoms with E-state index in [0.717, 1.165) is 5.56 Å². The van der Waals surface area contributed by atoms with E-state index in [1.807, 2.05) is 24.3 Å². The van der Waals surface area contributed by atoms with E-state index in [9.17, 15) is 4.79 Å². The van der Waals surface area contributed by atoms with Gasteiger partial charge >= 0.3 is 5.97 Å². The second kappa shape index (κ2) is 9.47. The van der Waals surface area contributed by atoms with Gasteiger partial charge < -0.3 is 19.3 Å². The van der Waals surface area contributed by atoms with Crippen LogP contribution in [0.25, 0.3) is 0 Å². The third kappa shape index (κ3) is 6.51. The molecule has 114 valence electrons. The minimum Gasteiger partial charge on any atom is -0.498 e. The van der Waals surface area contributed by atoms with Crippen LogP contribution < -0.4 is 9.47 Å². The molecular weight excluding hydrogens is 272 g/mol. The van der Waals surface area contributed by atoms with E-state index in [4.69, 9.17) is 19.3 Å². The zero-order chi connectivity index (χ0) is 15.5. The molecule has 1 N–H and O–H groups in total. The van der Waals surface area contributed by atoms with Crippen LogP contribution in [0.4, 0.5) is 0 Å². The summed E-state index contributed by atoms with van der Waals surface area (Å²) in [7, 11) is 1.58. The van der Waals surface area contributed by atoms with Crippen molar-refractivity contribution < 1.29 is 24.1 Å². The van der Waals surface area contributed by atoms with Crippen molar-refractivity contribution in [3.63, 3.8) is 0 Å². The Bertz CT molecular complexity index is 493. The number of ether oxygens (including phenoxy) is 3. The molecule has 0 saturated heterocycles. The van der Waals surface area contributed by atoms with Crippen molar-refractivity contribution in [3.05, 3.63) is 48.8 Å². The van der Waals surface area contributed by atoms with Crippen molar-refractivity contribution in [1.82, 2.24) is 0 Å². The Labute approximate surface area is 124 Å². The molecule has 0 aliphatic heterocycles. The molecule has 0 aliphatic rings. The molecule has 5 nitrogen and oxygen atoms in total. The van der Waals surface area contributed by atoms with Crippen LogP contribution in [0.15, 0.2) is 43.2 Å². The molecule has 0 atom stereocenters. The monoisotopic (exact) mass is 292 g/mol. The molecule has 0 bridgehead atoms. The van der Waals surface area contributed by atoms with Gasteiger partial charge in [-0.1, -0.05) is 24.8 Å². The number of hydrogen-bond donors (Lipinski definition) is 1. The van der Waals surface area contributed by atoms with Crippen molar-refractivity contribution in [2.75, 3.05) is 20.3 Å². The van der Waals surface area contributed by atoms with Gasteiger partial charge in [0.05, 0.1) is 19.8 Å². The SMILES string of the molecule is C=COCCOc1ccc(C/C=C/CC(=O)O)cc1OC. The minimum absolute atomic E-state index is 0.0294. The van der Waals surface area contributed by atoms with Gasteiger partial charge in [0.25, 0.3) is 0 Å². The topological polar surface area (TPSA) is 65.0 Å². The van der Waals surface area contributed by atoms with Gasteiger partial charge in [0.2, 0.25) is 0 Å². The third-order valence-corrected chi connectivity index (χ3v) is 2.62. The van der Waals surface area contributed by atoms with Crippen molar-refractivity contribution in [1.29, 1.82) is 0 Å². The number of hydrogen-bond acceptors (Lipinski definition) is 4. The van der Waals surface area contributed by atoms with Gasteiger partial charge in [-0.15, -0.1) is 0 Å². The lowest BCUT2D eigenvalue weighted by molar-refractivity contribution is -0.136. The summed E-state index contributed by atoms with van der Waals surface area (Å²) in [5.41, 5.74) is 1.02. The number of carbonyl (C=O) groups is 1. The van der Waals surface area contributed by atoms with E-state index >= 15 is 0 Å². The molecule has 0 fully saturated rings. The standard InChI is InChI=1S/C16H20O5/c1-3-20-10-11-21-14-9-8-13(12-15(14)19-2)6-4-5-7-16(17)18/h3-5,8-9,12H,1,6-7,10-11H2,2H3,(H,17,18)/b5-4+. The molecule has 0 unspecified atom stereocenters. The summed E-state index contributed by atoms with van der Waals surface area (Å²) in [6.07, 6.45) is 5.49. The number of benzene rings is 1. The van der Waals surface area contributed by atoms with E-state index in [1.54, 1.807) is 13.2 Å². The van der Waals surface area contributed by atoms with Crippen LogP contribution in [0.1, 0.15) is 12.0 Å². The van der Waals surface area contributed by atoms with Crippen LogP contribution in [0.5, 0.6) is 11.5 Å². The Hall–Kier alpha value is -2.43. The summed E-state index contributed by atoms with van der Waals surface area (Å²) in [5, 5.41) is 8.55. The van der Waals surface area contributed by atoms with Crippen molar-refractivity contribution in [2.24, 2.45) is 0 Å². The van der Waals surface area contributed by atoms with Crippen LogP contribution in [-0.2, 0) is 16.0 Å². The Kier molecular flexibility index (Phi) is 7.50. The molecule has 0 saturated carbocycles. The first-order chi connectivity index (χ1) is 10.2. The van der Waals surface area contributed by atoms with E-state index in [0.29, 0.717) is 31.1 Å². The van der Waals surface area contributed by atoms with Crippen LogP contribution in [0, 0.1) is 0 Å². The van der Waals surface area contributed by atoms with E-state index < -0.39 is 5.97 Å². The van der Waals surface area contributed by atoms with Crippen LogP contribution >= 0.6 is 0 Å². The van der Waals surface area contributed by atoms with Crippen molar-refractivity contribution in [3.8, 4) is 11.5 Å². The molecule has 21 heavy (non-hydrogen) atoms. The lowest BCUT2D eigenvalue weighted by atomic mass is 10.1. The molecular formula is C16H20O5. The van der Waals surface area contributed by atoms with E-state index in [1.165, 1.54) is 6.26 Å². The fourth-order valence-corrected chi connectivity index (χ4v) is 1.64. The van der Waals surface area contributed by atoms with Gasteiger partial charge in [-0.3, -0.25) is 4.79 Å². The van der Waals surface area contributed by atoms with Crippen molar-refractivity contribution >= 4 is 5.97 Å². The summed E-state index contributed by atoms with van der Waals surface area (Å²) in [6.45, 7) is 4.28. The normalized spacial score (nSPS) is 10.3. The molecule has 0 heterocycles. The molecule has 0 aliphatic carbocycles. The fraction of sp³-hybridized carbons (Fsp3) is 0.312. The van der Waals surface area contributed by atoms with Gasteiger partial charge in [0, 0.05) is 0 Å². The first-order valence-electron chi connectivity index (χ1n) is 6.56. The quantitative estimate of drug-likeness (QED) is 0.408. The Morgan fingerprint density at radius 2 is 2.10 bits per heavy atom. The maximum Gasteiger partial charge on any atom is 0.307 e. The van der Waals surface area contributed by atoms with Crippen LogP contribution in [-0.4, -0.2) is 31.4 Å². The molecule has 1 rings (SSSR count). The molecule has 0 radical (unpaired) electrons. The van der Waals surface area contributed by atoms with Gasteiger partial charge in [-0.05, 0) is 24.1 Å². The van der Waals surface area contributed by atoms with Crippen molar-refractivity contribution in [2.45, 2.75) is 12.8 Å². The largest absolute Gasteiger partial charge is 0.498 e. The van der Waals surface area contributed by atoms with Gasteiger partial charge in [0.1, 0.15) is 13.2 Å². The van der Waals surface area contributed by atoms with Crippen LogP contribution in [0.2, 0.25) is 0 Å². The highest BCUT2D eigenvalue weighted by Gasteiger charge is 2.05. The van der Waals surface area contributed by atoms with Crippen LogP contribution in [0.3, 0.4) is 0 Å². The minimum atomic E-state index is -0.839. The second-order valence-electron chi connectivity index (χ2n) is 4.14. The first-order valence-corrected chi connectivity index (χ1v) is 6.56. The molecule has 5 heteroatoms. The summed E-state index contributed by atoms with van der Waals surface area (Å²) >= 11 is 0. The Morgan fingerprint density at radius 3 is 2.76 bits per heavy atom. The number of allylic oxidation sites excluding steroid dienone is 1. The Morgan fingerprint density at radius 1 is 1.29 bits per heavy atom. The maximum atomic E-state index is 10.4. The number of carboxylic acid groups (broad SMARTS) is 1. The Balaban J connectivity index is 2.58. The van der Waals surface area contributed by atoms with Gasteiger partial charge in [0.15, 0.2) is 11.5 Å². The summed E-state index contributed by atoms with van der Waals surface area (Å²) < 4.78 is 15.8. The molecule has 0 spiro atoms. The number of carboxylic acids is 1. The predicted molar refractivity (Wildman–Crippen MR) is 79.7 cm³/mol. The lowest BCUT2D eigenvalue weighted by Gasteiger charge is -2.11. The summed E-state index contributed by atoms with van der Waals surface area (Å²) in [5.74, 6) is 0.440. The maximum absolute atomic E-state index is 10.4.